The van der Waals surface area contributed by atoms with Crippen LogP contribution in [0.25, 0.3) is 11.0 Å². The van der Waals surface area contributed by atoms with Crippen LogP contribution in [0, 0.1) is 0 Å². The van der Waals surface area contributed by atoms with Gasteiger partial charge in [-0.15, -0.1) is 0 Å². The maximum absolute atomic E-state index is 6.11. The Kier molecular flexibility index (Phi) is 3.69. The van der Waals surface area contributed by atoms with E-state index in [0.29, 0.717) is 0 Å². The van der Waals surface area contributed by atoms with Gasteiger partial charge in [-0.1, -0.05) is 25.4 Å². The number of rotatable bonds is 4. The highest BCUT2D eigenvalue weighted by atomic mass is 35.5. The lowest BCUT2D eigenvalue weighted by Crippen LogP contribution is -2.15. The fourth-order valence-corrected chi connectivity index (χ4v) is 2.21. The van der Waals surface area contributed by atoms with Gasteiger partial charge in [-0.2, -0.15) is 0 Å². The quantitative estimate of drug-likeness (QED) is 0.904. The van der Waals surface area contributed by atoms with Crippen LogP contribution in [0.3, 0.4) is 0 Å². The van der Waals surface area contributed by atoms with E-state index in [0.717, 1.165) is 41.3 Å². The molecule has 17 heavy (non-hydrogen) atoms. The van der Waals surface area contributed by atoms with Crippen molar-refractivity contribution in [1.82, 2.24) is 9.55 Å². The first kappa shape index (κ1) is 12.4. The minimum Gasteiger partial charge on any atom is -0.327 e. The zero-order valence-electron chi connectivity index (χ0n) is 10.3. The summed E-state index contributed by atoms with van der Waals surface area (Å²) >= 11 is 5.99. The fraction of sp³-hybridized carbons (Fsp3) is 0.462. The van der Waals surface area contributed by atoms with E-state index in [1.807, 2.05) is 18.2 Å². The first-order valence-electron chi connectivity index (χ1n) is 6.08. The molecular weight excluding hydrogens is 234 g/mol. The number of aromatic nitrogens is 2. The van der Waals surface area contributed by atoms with Gasteiger partial charge in [0.2, 0.25) is 0 Å². The van der Waals surface area contributed by atoms with Crippen molar-refractivity contribution >= 4 is 22.6 Å². The van der Waals surface area contributed by atoms with E-state index in [1.54, 1.807) is 0 Å². The predicted molar refractivity (Wildman–Crippen MR) is 72.3 cm³/mol. The Hall–Kier alpha value is -1.06. The Labute approximate surface area is 107 Å². The maximum atomic E-state index is 6.11. The van der Waals surface area contributed by atoms with Crippen LogP contribution in [0.2, 0.25) is 5.02 Å². The van der Waals surface area contributed by atoms with E-state index in [1.165, 1.54) is 0 Å². The highest BCUT2D eigenvalue weighted by molar-refractivity contribution is 6.31. The molecule has 0 radical (unpaired) electrons. The lowest BCUT2D eigenvalue weighted by Gasteiger charge is -2.12. The van der Waals surface area contributed by atoms with Crippen LogP contribution >= 0.6 is 11.6 Å². The third-order valence-electron chi connectivity index (χ3n) is 2.96. The van der Waals surface area contributed by atoms with Crippen molar-refractivity contribution in [2.45, 2.75) is 39.3 Å². The van der Waals surface area contributed by atoms with Crippen molar-refractivity contribution < 1.29 is 0 Å². The maximum Gasteiger partial charge on any atom is 0.126 e. The number of hydrogen-bond acceptors (Lipinski definition) is 2. The Morgan fingerprint density at radius 2 is 2.18 bits per heavy atom. The van der Waals surface area contributed by atoms with Crippen LogP contribution in [0.15, 0.2) is 18.2 Å². The van der Waals surface area contributed by atoms with Crippen molar-refractivity contribution in [1.29, 1.82) is 0 Å². The Morgan fingerprint density at radius 3 is 2.82 bits per heavy atom. The Balaban J connectivity index is 2.61. The molecule has 0 aliphatic heterocycles. The van der Waals surface area contributed by atoms with Gasteiger partial charge in [-0.3, -0.25) is 0 Å². The van der Waals surface area contributed by atoms with E-state index in [-0.39, 0.29) is 6.04 Å². The summed E-state index contributed by atoms with van der Waals surface area (Å²) in [4.78, 5) is 4.62. The third kappa shape index (κ3) is 2.31. The molecule has 0 saturated heterocycles. The summed E-state index contributed by atoms with van der Waals surface area (Å²) in [5.41, 5.74) is 8.17. The molecule has 1 aromatic carbocycles. The van der Waals surface area contributed by atoms with Gasteiger partial charge in [0.25, 0.3) is 0 Å². The highest BCUT2D eigenvalue weighted by Gasteiger charge is 2.15. The van der Waals surface area contributed by atoms with E-state index < -0.39 is 0 Å². The van der Waals surface area contributed by atoms with E-state index >= 15 is 0 Å². The molecular formula is C13H18ClN3. The number of nitrogens with two attached hydrogens (primary N) is 1. The van der Waals surface area contributed by atoms with Gasteiger partial charge >= 0.3 is 0 Å². The molecule has 0 aliphatic carbocycles. The molecule has 2 N–H and O–H groups in total. The second-order valence-electron chi connectivity index (χ2n) is 4.27. The zero-order valence-corrected chi connectivity index (χ0v) is 11.0. The average molecular weight is 252 g/mol. The third-order valence-corrected chi connectivity index (χ3v) is 3.19. The van der Waals surface area contributed by atoms with Crippen LogP contribution in [-0.2, 0) is 6.54 Å². The Morgan fingerprint density at radius 1 is 1.41 bits per heavy atom. The summed E-state index contributed by atoms with van der Waals surface area (Å²) in [7, 11) is 0. The summed E-state index contributed by atoms with van der Waals surface area (Å²) < 4.78 is 2.21. The molecule has 0 fully saturated rings. The molecule has 0 bridgehead atoms. The van der Waals surface area contributed by atoms with Crippen molar-refractivity contribution in [3.8, 4) is 0 Å². The second-order valence-corrected chi connectivity index (χ2v) is 4.71. The van der Waals surface area contributed by atoms with Crippen molar-refractivity contribution in [3.05, 3.63) is 29.0 Å². The lowest BCUT2D eigenvalue weighted by atomic mass is 10.2. The molecule has 1 aromatic heterocycles. The van der Waals surface area contributed by atoms with Gasteiger partial charge in [0.1, 0.15) is 5.82 Å². The topological polar surface area (TPSA) is 43.8 Å². The fourth-order valence-electron chi connectivity index (χ4n) is 2.05. The average Bonchev–Trinajstić information content (AvgIpc) is 2.67. The van der Waals surface area contributed by atoms with Crippen molar-refractivity contribution in [2.24, 2.45) is 5.73 Å². The molecule has 2 rings (SSSR count). The van der Waals surface area contributed by atoms with Crippen LogP contribution in [0.1, 0.15) is 38.6 Å². The summed E-state index contributed by atoms with van der Waals surface area (Å²) in [5.74, 6) is 0.964. The zero-order chi connectivity index (χ0) is 12.4. The molecule has 0 aliphatic rings. The Bertz CT molecular complexity index is 519. The van der Waals surface area contributed by atoms with Crippen LogP contribution < -0.4 is 5.73 Å². The van der Waals surface area contributed by atoms with E-state index in [4.69, 9.17) is 17.3 Å². The smallest absolute Gasteiger partial charge is 0.126 e. The van der Waals surface area contributed by atoms with Crippen LogP contribution in [0.4, 0.5) is 0 Å². The molecule has 3 nitrogen and oxygen atoms in total. The molecule has 2 aromatic rings. The minimum absolute atomic E-state index is 0.00674. The largest absolute Gasteiger partial charge is 0.327 e. The first-order valence-corrected chi connectivity index (χ1v) is 6.46. The number of benzene rings is 1. The summed E-state index contributed by atoms with van der Waals surface area (Å²) in [5, 5.41) is 0.718. The van der Waals surface area contributed by atoms with Gasteiger partial charge in [0, 0.05) is 11.6 Å². The molecule has 1 unspecified atom stereocenters. The SMILES string of the molecule is CCCn1c(C(N)CC)nc2cc(Cl)ccc21. The number of fused-ring (bicyclic) bond motifs is 1. The molecule has 92 valence electrons. The summed E-state index contributed by atoms with van der Waals surface area (Å²) in [6, 6.07) is 5.81. The van der Waals surface area contributed by atoms with Gasteiger partial charge in [0.05, 0.1) is 17.1 Å². The van der Waals surface area contributed by atoms with Crippen LogP contribution in [-0.4, -0.2) is 9.55 Å². The molecule has 0 amide bonds. The predicted octanol–water partition coefficient (Wildman–Crippen LogP) is 3.51. The first-order chi connectivity index (χ1) is 8.17. The lowest BCUT2D eigenvalue weighted by molar-refractivity contribution is 0.576. The normalized spacial score (nSPS) is 13.2. The van der Waals surface area contributed by atoms with Gasteiger partial charge in [0.15, 0.2) is 0 Å². The highest BCUT2D eigenvalue weighted by Crippen LogP contribution is 2.24. The molecule has 0 saturated carbocycles. The number of imidazole rings is 1. The monoisotopic (exact) mass is 251 g/mol. The number of hydrogen-bond donors (Lipinski definition) is 1. The van der Waals surface area contributed by atoms with Crippen LogP contribution in [0.5, 0.6) is 0 Å². The molecule has 0 spiro atoms. The van der Waals surface area contributed by atoms with Crippen molar-refractivity contribution in [2.75, 3.05) is 0 Å². The van der Waals surface area contributed by atoms with Gasteiger partial charge in [-0.25, -0.2) is 4.98 Å². The standard InChI is InChI=1S/C13H18ClN3/c1-3-7-17-12-6-5-9(14)8-11(12)16-13(17)10(15)4-2/h5-6,8,10H,3-4,7,15H2,1-2H3. The number of nitrogens with zero attached hydrogens (tertiary/aromatic N) is 2. The van der Waals surface area contributed by atoms with Crippen molar-refractivity contribution in [3.63, 3.8) is 0 Å². The number of halogens is 1. The molecule has 1 atom stereocenters. The molecule has 1 heterocycles. The van der Waals surface area contributed by atoms with E-state index in [9.17, 15) is 0 Å². The van der Waals surface area contributed by atoms with E-state index in [2.05, 4.69) is 23.4 Å². The summed E-state index contributed by atoms with van der Waals surface area (Å²) in [6.07, 6.45) is 1.96. The van der Waals surface area contributed by atoms with Gasteiger partial charge < -0.3 is 10.3 Å². The molecule has 4 heteroatoms. The minimum atomic E-state index is -0.00674. The van der Waals surface area contributed by atoms with Gasteiger partial charge in [-0.05, 0) is 31.0 Å². The number of aryl methyl sites for hydroxylation is 1. The summed E-state index contributed by atoms with van der Waals surface area (Å²) in [6.45, 7) is 5.18. The second kappa shape index (κ2) is 5.07.